The van der Waals surface area contributed by atoms with Gasteiger partial charge in [0.15, 0.2) is 5.76 Å². The van der Waals surface area contributed by atoms with Gasteiger partial charge in [0.1, 0.15) is 12.2 Å². The Bertz CT molecular complexity index is 778. The fourth-order valence-corrected chi connectivity index (χ4v) is 3.21. The highest BCUT2D eigenvalue weighted by molar-refractivity contribution is 5.81. The third-order valence-corrected chi connectivity index (χ3v) is 4.53. The minimum absolute atomic E-state index is 0.0616. The van der Waals surface area contributed by atoms with Gasteiger partial charge in [0.2, 0.25) is 11.6 Å². The number of nitriles is 1. The normalized spacial score (nSPS) is 20.7. The first-order chi connectivity index (χ1) is 12.3. The summed E-state index contributed by atoms with van der Waals surface area (Å²) in [4.78, 5) is 20.4. The first kappa shape index (κ1) is 15.7. The van der Waals surface area contributed by atoms with E-state index in [1.807, 2.05) is 9.80 Å². The number of amides is 1. The molecule has 2 saturated heterocycles. The zero-order chi connectivity index (χ0) is 17.2. The minimum atomic E-state index is -0.294. The number of aromatic nitrogens is 1. The third kappa shape index (κ3) is 2.98. The van der Waals surface area contributed by atoms with Crippen LogP contribution in [0.5, 0.6) is 0 Å². The molecule has 8 heteroatoms. The number of furan rings is 1. The van der Waals surface area contributed by atoms with Crippen LogP contribution < -0.4 is 4.90 Å². The van der Waals surface area contributed by atoms with Crippen LogP contribution in [0.4, 0.5) is 5.88 Å². The van der Waals surface area contributed by atoms with E-state index in [1.54, 1.807) is 12.1 Å². The molecule has 0 N–H and O–H groups in total. The number of rotatable bonds is 3. The van der Waals surface area contributed by atoms with E-state index >= 15 is 0 Å². The lowest BCUT2D eigenvalue weighted by atomic mass is 10.2. The van der Waals surface area contributed by atoms with Crippen molar-refractivity contribution in [1.82, 2.24) is 9.88 Å². The van der Waals surface area contributed by atoms with Crippen molar-refractivity contribution in [3.8, 4) is 17.7 Å². The van der Waals surface area contributed by atoms with Gasteiger partial charge in [0, 0.05) is 32.8 Å². The minimum Gasteiger partial charge on any atom is -0.459 e. The lowest BCUT2D eigenvalue weighted by Crippen LogP contribution is -2.51. The summed E-state index contributed by atoms with van der Waals surface area (Å²) in [7, 11) is 0. The molecular weight excluding hydrogens is 324 g/mol. The third-order valence-electron chi connectivity index (χ3n) is 4.53. The zero-order valence-electron chi connectivity index (χ0n) is 13.7. The van der Waals surface area contributed by atoms with Gasteiger partial charge in [-0.05, 0) is 25.0 Å². The molecule has 2 aliphatic heterocycles. The average molecular weight is 342 g/mol. The molecule has 2 aromatic rings. The number of anilines is 1. The van der Waals surface area contributed by atoms with Crippen molar-refractivity contribution < 1.29 is 18.4 Å². The second-order valence-electron chi connectivity index (χ2n) is 6.08. The average Bonchev–Trinajstić information content (AvgIpc) is 3.42. The topological polar surface area (TPSA) is 95.7 Å². The van der Waals surface area contributed by atoms with Crippen molar-refractivity contribution in [2.45, 2.75) is 18.9 Å². The Morgan fingerprint density at radius 2 is 2.16 bits per heavy atom. The number of hydrogen-bond donors (Lipinski definition) is 0. The molecule has 0 aromatic carbocycles. The van der Waals surface area contributed by atoms with Gasteiger partial charge in [0.25, 0.3) is 11.8 Å². The largest absolute Gasteiger partial charge is 0.459 e. The van der Waals surface area contributed by atoms with Gasteiger partial charge < -0.3 is 23.4 Å². The summed E-state index contributed by atoms with van der Waals surface area (Å²) < 4.78 is 16.5. The molecule has 8 nitrogen and oxygen atoms in total. The van der Waals surface area contributed by atoms with Crippen LogP contribution in [0.25, 0.3) is 11.7 Å². The highest BCUT2D eigenvalue weighted by Gasteiger charge is 2.32. The number of piperazine rings is 1. The van der Waals surface area contributed by atoms with Crippen molar-refractivity contribution >= 4 is 11.8 Å². The van der Waals surface area contributed by atoms with Crippen molar-refractivity contribution in [3.63, 3.8) is 0 Å². The van der Waals surface area contributed by atoms with Crippen molar-refractivity contribution in [2.24, 2.45) is 0 Å². The van der Waals surface area contributed by atoms with Gasteiger partial charge >= 0.3 is 0 Å². The Morgan fingerprint density at radius 3 is 2.80 bits per heavy atom. The maximum atomic E-state index is 12.4. The molecule has 1 unspecified atom stereocenters. The van der Waals surface area contributed by atoms with Crippen LogP contribution in [0.3, 0.4) is 0 Å². The summed E-state index contributed by atoms with van der Waals surface area (Å²) in [6.45, 7) is 2.97. The van der Waals surface area contributed by atoms with Crippen LogP contribution in [-0.4, -0.2) is 54.7 Å². The van der Waals surface area contributed by atoms with Gasteiger partial charge in [-0.2, -0.15) is 10.2 Å². The molecule has 2 aliphatic rings. The predicted molar refractivity (Wildman–Crippen MR) is 86.7 cm³/mol. The van der Waals surface area contributed by atoms with E-state index in [0.717, 1.165) is 12.8 Å². The second kappa shape index (κ2) is 6.61. The Hall–Kier alpha value is -2.79. The maximum Gasteiger partial charge on any atom is 0.266 e. The van der Waals surface area contributed by atoms with E-state index < -0.39 is 0 Å². The Kier molecular flexibility index (Phi) is 4.15. The molecule has 0 aliphatic carbocycles. The Labute approximate surface area is 144 Å². The van der Waals surface area contributed by atoms with E-state index in [-0.39, 0.29) is 23.6 Å². The highest BCUT2D eigenvalue weighted by atomic mass is 16.5. The van der Waals surface area contributed by atoms with E-state index in [9.17, 15) is 10.1 Å². The summed E-state index contributed by atoms with van der Waals surface area (Å²) in [6, 6.07) is 5.53. The number of ether oxygens (including phenoxy) is 1. The lowest BCUT2D eigenvalue weighted by molar-refractivity contribution is -0.141. The predicted octanol–water partition coefficient (Wildman–Crippen LogP) is 1.63. The molecular formula is C17H18N4O4. The number of carbonyl (C=O) groups excluding carboxylic acids is 1. The molecule has 2 aromatic heterocycles. The quantitative estimate of drug-likeness (QED) is 0.836. The molecule has 0 radical (unpaired) electrons. The number of oxazole rings is 1. The van der Waals surface area contributed by atoms with Crippen LogP contribution in [-0.2, 0) is 9.53 Å². The summed E-state index contributed by atoms with van der Waals surface area (Å²) in [5.74, 6) is 1.26. The molecule has 130 valence electrons. The summed E-state index contributed by atoms with van der Waals surface area (Å²) in [5, 5.41) is 9.33. The molecule has 2 fully saturated rings. The van der Waals surface area contributed by atoms with Gasteiger partial charge in [-0.1, -0.05) is 0 Å². The number of hydrogen-bond acceptors (Lipinski definition) is 7. The van der Waals surface area contributed by atoms with E-state index in [0.29, 0.717) is 44.4 Å². The lowest BCUT2D eigenvalue weighted by Gasteiger charge is -2.35. The highest BCUT2D eigenvalue weighted by Crippen LogP contribution is 2.29. The van der Waals surface area contributed by atoms with E-state index in [4.69, 9.17) is 13.6 Å². The molecule has 0 saturated carbocycles. The van der Waals surface area contributed by atoms with Crippen molar-refractivity contribution in [1.29, 1.82) is 5.26 Å². The molecule has 25 heavy (non-hydrogen) atoms. The fraction of sp³-hybridized carbons (Fsp3) is 0.471. The Balaban J connectivity index is 1.45. The molecule has 1 atom stereocenters. The van der Waals surface area contributed by atoms with Crippen LogP contribution in [0.15, 0.2) is 27.2 Å². The smallest absolute Gasteiger partial charge is 0.266 e. The molecule has 0 spiro atoms. The van der Waals surface area contributed by atoms with E-state index in [1.165, 1.54) is 6.26 Å². The second-order valence-corrected chi connectivity index (χ2v) is 6.08. The maximum absolute atomic E-state index is 12.4. The first-order valence-electron chi connectivity index (χ1n) is 8.36. The van der Waals surface area contributed by atoms with E-state index in [2.05, 4.69) is 11.1 Å². The fourth-order valence-electron chi connectivity index (χ4n) is 3.21. The van der Waals surface area contributed by atoms with Crippen LogP contribution in [0.1, 0.15) is 18.5 Å². The summed E-state index contributed by atoms with van der Waals surface area (Å²) in [6.07, 6.45) is 2.97. The van der Waals surface area contributed by atoms with Gasteiger partial charge in [-0.15, -0.1) is 0 Å². The van der Waals surface area contributed by atoms with Crippen LogP contribution >= 0.6 is 0 Å². The standard InChI is InChI=1S/C17H18N4O4/c18-11-12-17(25-15(19-12)13-3-1-9-23-13)21-7-5-20(6-8-21)16(22)14-4-2-10-24-14/h1,3,9,14H,2,4-8,10H2. The molecule has 4 rings (SSSR count). The molecule has 1 amide bonds. The number of carbonyl (C=O) groups is 1. The summed E-state index contributed by atoms with van der Waals surface area (Å²) in [5.41, 5.74) is 0.227. The first-order valence-corrected chi connectivity index (χ1v) is 8.36. The van der Waals surface area contributed by atoms with Gasteiger partial charge in [-0.3, -0.25) is 4.79 Å². The molecule has 4 heterocycles. The van der Waals surface area contributed by atoms with Crippen molar-refractivity contribution in [2.75, 3.05) is 37.7 Å². The SMILES string of the molecule is N#Cc1nc(-c2ccco2)oc1N1CCN(C(=O)C2CCCO2)CC1. The monoisotopic (exact) mass is 342 g/mol. The van der Waals surface area contributed by atoms with Gasteiger partial charge in [0.05, 0.1) is 6.26 Å². The van der Waals surface area contributed by atoms with Crippen LogP contribution in [0, 0.1) is 11.3 Å². The van der Waals surface area contributed by atoms with Gasteiger partial charge in [-0.25, -0.2) is 0 Å². The van der Waals surface area contributed by atoms with Crippen molar-refractivity contribution in [3.05, 3.63) is 24.1 Å². The zero-order valence-corrected chi connectivity index (χ0v) is 13.7. The van der Waals surface area contributed by atoms with Crippen LogP contribution in [0.2, 0.25) is 0 Å². The summed E-state index contributed by atoms with van der Waals surface area (Å²) >= 11 is 0. The Morgan fingerprint density at radius 1 is 1.32 bits per heavy atom. The molecule has 0 bridgehead atoms. The number of nitrogens with zero attached hydrogens (tertiary/aromatic N) is 4.